The molecular formula is C33H67NO6. The fraction of sp³-hybridized carbons (Fsp3) is 0.970. The van der Waals surface area contributed by atoms with E-state index in [9.17, 15) is 9.90 Å². The average Bonchev–Trinajstić information content (AvgIpc) is 2.91. The summed E-state index contributed by atoms with van der Waals surface area (Å²) >= 11 is 0. The second-order valence-electron chi connectivity index (χ2n) is 11.8. The van der Waals surface area contributed by atoms with Crippen molar-refractivity contribution in [3.8, 4) is 0 Å². The number of carbonyl (C=O) groups excluding carboxylic acids is 1. The van der Waals surface area contributed by atoms with Crippen LogP contribution in [0.5, 0.6) is 0 Å². The molecule has 0 fully saturated rings. The van der Waals surface area contributed by atoms with Crippen LogP contribution in [0, 0.1) is 0 Å². The summed E-state index contributed by atoms with van der Waals surface area (Å²) < 4.78 is 5.86. The lowest BCUT2D eigenvalue weighted by atomic mass is 10.0. The van der Waals surface area contributed by atoms with E-state index in [2.05, 4.69) is 12.2 Å². The average molecular weight is 574 g/mol. The van der Waals surface area contributed by atoms with Gasteiger partial charge in [-0.25, -0.2) is 0 Å². The highest BCUT2D eigenvalue weighted by atomic mass is 16.7. The maximum absolute atomic E-state index is 12.3. The highest BCUT2D eigenvalue weighted by Crippen LogP contribution is 2.15. The van der Waals surface area contributed by atoms with Gasteiger partial charge in [-0.1, -0.05) is 142 Å². The largest absolute Gasteiger partial charge is 0.396 e. The third-order valence-electron chi connectivity index (χ3n) is 7.70. The van der Waals surface area contributed by atoms with Crippen molar-refractivity contribution in [2.45, 2.75) is 192 Å². The number of aliphatic hydroxyl groups excluding tert-OH is 1. The van der Waals surface area contributed by atoms with Gasteiger partial charge in [0.2, 0.25) is 5.91 Å². The molecule has 5 N–H and O–H groups in total. The van der Waals surface area contributed by atoms with Crippen LogP contribution in [-0.2, 0) is 9.53 Å². The molecule has 7 nitrogen and oxygen atoms in total. The highest BCUT2D eigenvalue weighted by Gasteiger charge is 2.16. The fourth-order valence-electron chi connectivity index (χ4n) is 5.15. The summed E-state index contributed by atoms with van der Waals surface area (Å²) in [4.78, 5) is 12.3. The van der Waals surface area contributed by atoms with Crippen molar-refractivity contribution in [1.29, 1.82) is 0 Å². The molecule has 0 aromatic rings. The number of amides is 1. The second kappa shape index (κ2) is 29.8. The Labute approximate surface area is 246 Å². The molecule has 240 valence electrons. The van der Waals surface area contributed by atoms with Gasteiger partial charge in [0.25, 0.3) is 5.97 Å². The van der Waals surface area contributed by atoms with Crippen LogP contribution < -0.4 is 5.32 Å². The van der Waals surface area contributed by atoms with Crippen molar-refractivity contribution in [3.63, 3.8) is 0 Å². The Morgan fingerprint density at radius 1 is 0.625 bits per heavy atom. The summed E-state index contributed by atoms with van der Waals surface area (Å²) in [6, 6.07) is 0. The quantitative estimate of drug-likeness (QED) is 0.0417. The number of carbonyl (C=O) groups is 1. The minimum atomic E-state index is -2.51. The molecule has 0 rings (SSSR count). The standard InChI is InChI=1S/C33H67NO6/c1-2-3-4-5-6-7-8-13-16-19-22-25-30-40-32(27-29-35)34-31(36)26-23-20-17-14-11-9-10-12-15-18-21-24-28-33(37,38)39/h32,35,37-39H,2-30H2,1H3,(H,34,36). The van der Waals surface area contributed by atoms with Crippen LogP contribution in [0.15, 0.2) is 0 Å². The Morgan fingerprint density at radius 3 is 1.45 bits per heavy atom. The molecule has 1 unspecified atom stereocenters. The van der Waals surface area contributed by atoms with Crippen molar-refractivity contribution < 1.29 is 30.0 Å². The maximum Gasteiger partial charge on any atom is 0.275 e. The van der Waals surface area contributed by atoms with Crippen molar-refractivity contribution in [2.75, 3.05) is 13.2 Å². The molecule has 0 spiro atoms. The summed E-state index contributed by atoms with van der Waals surface area (Å²) in [5.74, 6) is -2.48. The fourth-order valence-corrected chi connectivity index (χ4v) is 5.15. The molecule has 1 amide bonds. The molecule has 40 heavy (non-hydrogen) atoms. The Bertz CT molecular complexity index is 526. The summed E-state index contributed by atoms with van der Waals surface area (Å²) in [6.07, 6.45) is 29.3. The van der Waals surface area contributed by atoms with Gasteiger partial charge in [0, 0.05) is 32.5 Å². The van der Waals surface area contributed by atoms with Crippen molar-refractivity contribution >= 4 is 5.91 Å². The van der Waals surface area contributed by atoms with E-state index in [1.165, 1.54) is 103 Å². The van der Waals surface area contributed by atoms with E-state index in [1.54, 1.807) is 0 Å². The van der Waals surface area contributed by atoms with Gasteiger partial charge >= 0.3 is 0 Å². The molecule has 7 heteroatoms. The Balaban J connectivity index is 3.52. The molecule has 0 saturated heterocycles. The molecular weight excluding hydrogens is 506 g/mol. The number of aliphatic hydroxyl groups is 4. The van der Waals surface area contributed by atoms with Crippen LogP contribution in [0.25, 0.3) is 0 Å². The van der Waals surface area contributed by atoms with E-state index in [0.29, 0.717) is 25.9 Å². The monoisotopic (exact) mass is 573 g/mol. The smallest absolute Gasteiger partial charge is 0.275 e. The predicted molar refractivity (Wildman–Crippen MR) is 165 cm³/mol. The Hall–Kier alpha value is -0.730. The lowest BCUT2D eigenvalue weighted by Gasteiger charge is -2.18. The summed E-state index contributed by atoms with van der Waals surface area (Å²) in [6.45, 7) is 2.92. The van der Waals surface area contributed by atoms with E-state index in [-0.39, 0.29) is 25.2 Å². The first-order valence-electron chi connectivity index (χ1n) is 17.1. The molecule has 0 radical (unpaired) electrons. The SMILES string of the molecule is CCCCCCCCCCCCCCOC(CCO)NC(=O)CCCCCCCCCCCCCCC(O)(O)O. The first kappa shape index (κ1) is 39.3. The molecule has 0 aliphatic heterocycles. The van der Waals surface area contributed by atoms with Crippen LogP contribution in [0.2, 0.25) is 0 Å². The predicted octanol–water partition coefficient (Wildman–Crippen LogP) is 7.62. The van der Waals surface area contributed by atoms with Gasteiger partial charge in [-0.05, 0) is 19.3 Å². The number of rotatable bonds is 32. The van der Waals surface area contributed by atoms with E-state index in [4.69, 9.17) is 20.1 Å². The number of hydrogen-bond acceptors (Lipinski definition) is 6. The minimum Gasteiger partial charge on any atom is -0.396 e. The number of hydrogen-bond donors (Lipinski definition) is 5. The number of unbranched alkanes of at least 4 members (excludes halogenated alkanes) is 22. The van der Waals surface area contributed by atoms with Gasteiger partial charge in [0.15, 0.2) is 0 Å². The van der Waals surface area contributed by atoms with Crippen LogP contribution in [0.3, 0.4) is 0 Å². The van der Waals surface area contributed by atoms with E-state index >= 15 is 0 Å². The number of nitrogens with one attached hydrogen (secondary N) is 1. The highest BCUT2D eigenvalue weighted by molar-refractivity contribution is 5.75. The molecule has 0 bridgehead atoms. The molecule has 0 saturated carbocycles. The van der Waals surface area contributed by atoms with Crippen LogP contribution in [-0.4, -0.2) is 51.7 Å². The van der Waals surface area contributed by atoms with Gasteiger partial charge in [-0.2, -0.15) is 0 Å². The summed E-state index contributed by atoms with van der Waals surface area (Å²) in [5.41, 5.74) is 0. The first-order chi connectivity index (χ1) is 19.4. The molecule has 0 aromatic heterocycles. The van der Waals surface area contributed by atoms with E-state index in [0.717, 1.165) is 44.9 Å². The molecule has 0 aromatic carbocycles. The third kappa shape index (κ3) is 31.8. The maximum atomic E-state index is 12.3. The van der Waals surface area contributed by atoms with Crippen LogP contribution >= 0.6 is 0 Å². The second-order valence-corrected chi connectivity index (χ2v) is 11.8. The lowest BCUT2D eigenvalue weighted by Crippen LogP contribution is -2.37. The van der Waals surface area contributed by atoms with Gasteiger partial charge in [-0.3, -0.25) is 4.79 Å². The number of ether oxygens (including phenoxy) is 1. The molecule has 1 atom stereocenters. The topological polar surface area (TPSA) is 119 Å². The summed E-state index contributed by atoms with van der Waals surface area (Å²) in [7, 11) is 0. The third-order valence-corrected chi connectivity index (χ3v) is 7.70. The zero-order chi connectivity index (χ0) is 29.6. The zero-order valence-electron chi connectivity index (χ0n) is 26.2. The molecule has 0 aliphatic rings. The normalized spacial score (nSPS) is 12.6. The van der Waals surface area contributed by atoms with Gasteiger partial charge in [0.05, 0.1) is 0 Å². The van der Waals surface area contributed by atoms with E-state index in [1.807, 2.05) is 0 Å². The van der Waals surface area contributed by atoms with E-state index < -0.39 is 5.97 Å². The molecule has 0 heterocycles. The Morgan fingerprint density at radius 2 is 1.02 bits per heavy atom. The van der Waals surface area contributed by atoms with Gasteiger partial charge in [-0.15, -0.1) is 0 Å². The zero-order valence-corrected chi connectivity index (χ0v) is 26.2. The van der Waals surface area contributed by atoms with Gasteiger partial charge in [0.1, 0.15) is 6.23 Å². The van der Waals surface area contributed by atoms with Crippen molar-refractivity contribution in [1.82, 2.24) is 5.32 Å². The first-order valence-corrected chi connectivity index (χ1v) is 17.1. The van der Waals surface area contributed by atoms with Crippen LogP contribution in [0.4, 0.5) is 0 Å². The molecule has 0 aliphatic carbocycles. The van der Waals surface area contributed by atoms with Crippen molar-refractivity contribution in [2.24, 2.45) is 0 Å². The lowest BCUT2D eigenvalue weighted by molar-refractivity contribution is -0.315. The van der Waals surface area contributed by atoms with Gasteiger partial charge < -0.3 is 30.5 Å². The van der Waals surface area contributed by atoms with Crippen LogP contribution in [0.1, 0.15) is 180 Å². The van der Waals surface area contributed by atoms with Crippen molar-refractivity contribution in [3.05, 3.63) is 0 Å². The Kier molecular flexibility index (Phi) is 29.2. The minimum absolute atomic E-state index is 0.0150. The summed E-state index contributed by atoms with van der Waals surface area (Å²) in [5, 5.41) is 38.8.